The van der Waals surface area contributed by atoms with Crippen molar-refractivity contribution in [2.45, 2.75) is 51.1 Å². The average Bonchev–Trinajstić information content (AvgIpc) is 3.51. The van der Waals surface area contributed by atoms with E-state index in [9.17, 15) is 4.79 Å². The second-order valence-electron chi connectivity index (χ2n) is 8.97. The van der Waals surface area contributed by atoms with Gasteiger partial charge in [-0.15, -0.1) is 0 Å². The number of carbonyl (C=O) groups excluding carboxylic acids is 1. The zero-order chi connectivity index (χ0) is 19.6. The van der Waals surface area contributed by atoms with Crippen molar-refractivity contribution in [2.24, 2.45) is 5.92 Å². The van der Waals surface area contributed by atoms with Crippen LogP contribution in [-0.4, -0.2) is 72.5 Å². The van der Waals surface area contributed by atoms with Crippen LogP contribution in [0.15, 0.2) is 24.3 Å². The zero-order valence-electron chi connectivity index (χ0n) is 17.5. The molecule has 1 amide bonds. The van der Waals surface area contributed by atoms with Gasteiger partial charge in [0.05, 0.1) is 6.61 Å². The molecule has 0 aromatic heterocycles. The predicted molar refractivity (Wildman–Crippen MR) is 111 cm³/mol. The van der Waals surface area contributed by atoms with E-state index in [1.807, 2.05) is 13.0 Å². The van der Waals surface area contributed by atoms with Crippen LogP contribution >= 0.6 is 0 Å². The smallest absolute Gasteiger partial charge is 0.222 e. The number of hydrogen-bond donors (Lipinski definition) is 0. The van der Waals surface area contributed by atoms with Gasteiger partial charge < -0.3 is 9.64 Å². The van der Waals surface area contributed by atoms with Gasteiger partial charge in [-0.25, -0.2) is 0 Å². The lowest BCUT2D eigenvalue weighted by Crippen LogP contribution is -2.60. The summed E-state index contributed by atoms with van der Waals surface area (Å²) < 4.78 is 5.67. The first-order valence-corrected chi connectivity index (χ1v) is 11.0. The van der Waals surface area contributed by atoms with Crippen molar-refractivity contribution in [3.63, 3.8) is 0 Å². The van der Waals surface area contributed by atoms with E-state index in [0.717, 1.165) is 63.8 Å². The zero-order valence-corrected chi connectivity index (χ0v) is 17.5. The van der Waals surface area contributed by atoms with E-state index in [-0.39, 0.29) is 5.54 Å². The molecule has 1 unspecified atom stereocenters. The highest BCUT2D eigenvalue weighted by Gasteiger charge is 2.42. The third kappa shape index (κ3) is 4.52. The fraction of sp³-hybridized carbons (Fsp3) is 0.696. The van der Waals surface area contributed by atoms with E-state index in [2.05, 4.69) is 39.9 Å². The van der Waals surface area contributed by atoms with Gasteiger partial charge in [-0.2, -0.15) is 0 Å². The van der Waals surface area contributed by atoms with Crippen molar-refractivity contribution in [3.8, 4) is 5.75 Å². The maximum atomic E-state index is 12.7. The van der Waals surface area contributed by atoms with E-state index >= 15 is 0 Å². The fourth-order valence-corrected chi connectivity index (χ4v) is 4.87. The molecule has 1 aliphatic carbocycles. The summed E-state index contributed by atoms with van der Waals surface area (Å²) in [6.07, 6.45) is 5.40. The number of benzene rings is 1. The lowest BCUT2D eigenvalue weighted by atomic mass is 9.86. The molecular weight excluding hydrogens is 350 g/mol. The normalized spacial score (nSPS) is 27.2. The van der Waals surface area contributed by atoms with Gasteiger partial charge >= 0.3 is 0 Å². The van der Waals surface area contributed by atoms with Crippen LogP contribution in [0.5, 0.6) is 5.75 Å². The summed E-state index contributed by atoms with van der Waals surface area (Å²) in [6, 6.07) is 8.49. The summed E-state index contributed by atoms with van der Waals surface area (Å²) in [7, 11) is 2.26. The summed E-state index contributed by atoms with van der Waals surface area (Å²) in [5.41, 5.74) is 1.44. The van der Waals surface area contributed by atoms with Crippen molar-refractivity contribution in [2.75, 3.05) is 46.4 Å². The molecule has 0 radical (unpaired) electrons. The van der Waals surface area contributed by atoms with Crippen molar-refractivity contribution in [1.82, 2.24) is 14.7 Å². The van der Waals surface area contributed by atoms with Gasteiger partial charge in [0.2, 0.25) is 5.91 Å². The molecule has 0 bridgehead atoms. The van der Waals surface area contributed by atoms with E-state index in [1.165, 1.54) is 18.4 Å². The van der Waals surface area contributed by atoms with Crippen LogP contribution in [-0.2, 0) is 11.3 Å². The fourth-order valence-electron chi connectivity index (χ4n) is 4.87. The highest BCUT2D eigenvalue weighted by Crippen LogP contribution is 2.35. The minimum atomic E-state index is 0.129. The number of rotatable bonds is 6. The van der Waals surface area contributed by atoms with Crippen LogP contribution in [0.2, 0.25) is 0 Å². The van der Waals surface area contributed by atoms with Gasteiger partial charge in [0.15, 0.2) is 0 Å². The predicted octanol–water partition coefficient (Wildman–Crippen LogP) is 2.99. The number of piperazine rings is 1. The molecule has 2 aliphatic heterocycles. The third-order valence-corrected chi connectivity index (χ3v) is 6.87. The van der Waals surface area contributed by atoms with E-state index in [1.54, 1.807) is 0 Å². The first-order valence-electron chi connectivity index (χ1n) is 11.0. The number of carbonyl (C=O) groups is 1. The van der Waals surface area contributed by atoms with Crippen molar-refractivity contribution in [3.05, 3.63) is 29.8 Å². The Kier molecular flexibility index (Phi) is 5.93. The van der Waals surface area contributed by atoms with Crippen LogP contribution in [0.4, 0.5) is 0 Å². The minimum Gasteiger partial charge on any atom is -0.494 e. The molecule has 2 heterocycles. The molecule has 1 saturated carbocycles. The molecular formula is C23H35N3O2. The Labute approximate surface area is 169 Å². The summed E-state index contributed by atoms with van der Waals surface area (Å²) in [5.74, 6) is 2.11. The third-order valence-electron chi connectivity index (χ3n) is 6.87. The summed E-state index contributed by atoms with van der Waals surface area (Å²) in [4.78, 5) is 19.9. The minimum absolute atomic E-state index is 0.129. The molecule has 5 nitrogen and oxygen atoms in total. The van der Waals surface area contributed by atoms with Crippen molar-refractivity contribution in [1.29, 1.82) is 0 Å². The molecule has 1 spiro atoms. The summed E-state index contributed by atoms with van der Waals surface area (Å²) in [6.45, 7) is 8.80. The van der Waals surface area contributed by atoms with Crippen LogP contribution in [0, 0.1) is 5.92 Å². The average molecular weight is 386 g/mol. The lowest BCUT2D eigenvalue weighted by molar-refractivity contribution is -0.131. The highest BCUT2D eigenvalue weighted by molar-refractivity contribution is 5.76. The van der Waals surface area contributed by atoms with E-state index in [4.69, 9.17) is 4.74 Å². The van der Waals surface area contributed by atoms with Gasteiger partial charge in [-0.05, 0) is 63.3 Å². The lowest BCUT2D eigenvalue weighted by Gasteiger charge is -2.49. The van der Waals surface area contributed by atoms with Crippen molar-refractivity contribution < 1.29 is 9.53 Å². The molecule has 3 aliphatic rings. The van der Waals surface area contributed by atoms with E-state index in [0.29, 0.717) is 18.9 Å². The van der Waals surface area contributed by atoms with Crippen LogP contribution in [0.1, 0.15) is 44.6 Å². The first-order chi connectivity index (χ1) is 13.6. The summed E-state index contributed by atoms with van der Waals surface area (Å²) >= 11 is 0. The highest BCUT2D eigenvalue weighted by atomic mass is 16.5. The molecule has 1 aromatic carbocycles. The van der Waals surface area contributed by atoms with Gasteiger partial charge in [0, 0.05) is 51.2 Å². The maximum absolute atomic E-state index is 12.7. The Morgan fingerprint density at radius 2 is 2.04 bits per heavy atom. The standard InChI is InChI=1S/C23H35N3O2/c1-3-28-21-6-4-5-20(15-21)16-25-14-13-24(2)23(18-25)10-9-22(27)26(12-11-23)17-19-7-8-19/h4-6,15,19H,3,7-14,16-18H2,1-2H3. The Bertz CT molecular complexity index is 690. The first kappa shape index (κ1) is 19.7. The summed E-state index contributed by atoms with van der Waals surface area (Å²) in [5, 5.41) is 0. The SMILES string of the molecule is CCOc1cccc(CN2CCN(C)C3(CCC(=O)N(CC4CC4)CC3)C2)c1. The Morgan fingerprint density at radius 3 is 2.82 bits per heavy atom. The number of amides is 1. The molecule has 4 rings (SSSR count). The number of nitrogens with zero attached hydrogens (tertiary/aromatic N) is 3. The molecule has 1 atom stereocenters. The second kappa shape index (κ2) is 8.42. The largest absolute Gasteiger partial charge is 0.494 e. The van der Waals surface area contributed by atoms with Gasteiger partial charge in [-0.1, -0.05) is 12.1 Å². The quantitative estimate of drug-likeness (QED) is 0.754. The Hall–Kier alpha value is -1.59. The molecule has 1 aromatic rings. The van der Waals surface area contributed by atoms with Gasteiger partial charge in [0.1, 0.15) is 5.75 Å². The molecule has 0 N–H and O–H groups in total. The van der Waals surface area contributed by atoms with Gasteiger partial charge in [0.25, 0.3) is 0 Å². The number of likely N-dealkylation sites (tertiary alicyclic amines) is 1. The second-order valence-corrected chi connectivity index (χ2v) is 8.97. The topological polar surface area (TPSA) is 36.0 Å². The maximum Gasteiger partial charge on any atom is 0.222 e. The number of hydrogen-bond acceptors (Lipinski definition) is 4. The van der Waals surface area contributed by atoms with E-state index < -0.39 is 0 Å². The van der Waals surface area contributed by atoms with Crippen LogP contribution in [0.25, 0.3) is 0 Å². The van der Waals surface area contributed by atoms with Crippen LogP contribution in [0.3, 0.4) is 0 Å². The van der Waals surface area contributed by atoms with Crippen molar-refractivity contribution >= 4 is 5.91 Å². The molecule has 3 fully saturated rings. The molecule has 5 heteroatoms. The number of likely N-dealkylation sites (N-methyl/N-ethyl adjacent to an activating group) is 1. The Morgan fingerprint density at radius 1 is 1.18 bits per heavy atom. The molecule has 154 valence electrons. The number of ether oxygens (including phenoxy) is 1. The molecule has 2 saturated heterocycles. The van der Waals surface area contributed by atoms with Gasteiger partial charge in [-0.3, -0.25) is 14.6 Å². The Balaban J connectivity index is 1.42. The van der Waals surface area contributed by atoms with Crippen LogP contribution < -0.4 is 4.74 Å². The monoisotopic (exact) mass is 385 g/mol. The molecule has 28 heavy (non-hydrogen) atoms.